The second kappa shape index (κ2) is 9.73. The first-order valence-corrected chi connectivity index (χ1v) is 9.73. The quantitative estimate of drug-likeness (QED) is 0.520. The number of para-hydroxylation sites is 1. The minimum Gasteiger partial charge on any atom is -0.481 e. The molecule has 152 valence electrons. The van der Waals surface area contributed by atoms with E-state index in [9.17, 15) is 9.59 Å². The summed E-state index contributed by atoms with van der Waals surface area (Å²) in [6.45, 7) is 0.448. The number of nitrogens with zero attached hydrogens (tertiary/aromatic N) is 2. The summed E-state index contributed by atoms with van der Waals surface area (Å²) in [4.78, 5) is 23.3. The maximum atomic E-state index is 12.4. The van der Waals surface area contributed by atoms with Crippen molar-refractivity contribution in [3.05, 3.63) is 65.9 Å². The summed E-state index contributed by atoms with van der Waals surface area (Å²) in [5, 5.41) is 20.4. The van der Waals surface area contributed by atoms with Gasteiger partial charge in [-0.15, -0.1) is 0 Å². The van der Waals surface area contributed by atoms with Gasteiger partial charge in [0.05, 0.1) is 11.2 Å². The largest absolute Gasteiger partial charge is 0.481 e. The standard InChI is InChI=1S/C22H26N4O3/c1-26-20-10-6-5-9-18(20)19(25-26)13-14-23-22(29)24-17(11-12-21(27)28)15-16-7-3-2-4-8-16/h2-10,17H,11-15H2,1H3,(H,27,28)(H2,23,24,29). The van der Waals surface area contributed by atoms with E-state index >= 15 is 0 Å². The lowest BCUT2D eigenvalue weighted by Gasteiger charge is -2.18. The van der Waals surface area contributed by atoms with Crippen molar-refractivity contribution in [1.29, 1.82) is 0 Å². The zero-order valence-corrected chi connectivity index (χ0v) is 16.5. The highest BCUT2D eigenvalue weighted by atomic mass is 16.4. The van der Waals surface area contributed by atoms with Crippen molar-refractivity contribution in [3.8, 4) is 0 Å². The Balaban J connectivity index is 1.54. The molecule has 1 atom stereocenters. The molecule has 2 amide bonds. The Bertz CT molecular complexity index is 969. The van der Waals surface area contributed by atoms with E-state index in [1.54, 1.807) is 0 Å². The van der Waals surface area contributed by atoms with Crippen LogP contribution in [0.3, 0.4) is 0 Å². The molecule has 3 N–H and O–H groups in total. The number of aliphatic carboxylic acids is 1. The van der Waals surface area contributed by atoms with Crippen LogP contribution >= 0.6 is 0 Å². The predicted molar refractivity (Wildman–Crippen MR) is 112 cm³/mol. The molecule has 0 aliphatic heterocycles. The average molecular weight is 394 g/mol. The van der Waals surface area contributed by atoms with Crippen LogP contribution in [-0.4, -0.2) is 39.5 Å². The van der Waals surface area contributed by atoms with Crippen molar-refractivity contribution >= 4 is 22.9 Å². The lowest BCUT2D eigenvalue weighted by Crippen LogP contribution is -2.44. The molecule has 3 rings (SSSR count). The van der Waals surface area contributed by atoms with Crippen LogP contribution in [0.4, 0.5) is 4.79 Å². The highest BCUT2D eigenvalue weighted by Gasteiger charge is 2.15. The Labute approximate surface area is 169 Å². The number of fused-ring (bicyclic) bond motifs is 1. The van der Waals surface area contributed by atoms with Crippen LogP contribution in [0.15, 0.2) is 54.6 Å². The van der Waals surface area contributed by atoms with Gasteiger partial charge in [0.15, 0.2) is 0 Å². The number of rotatable bonds is 9. The van der Waals surface area contributed by atoms with Gasteiger partial charge in [-0.05, 0) is 24.5 Å². The lowest BCUT2D eigenvalue weighted by molar-refractivity contribution is -0.137. The first-order chi connectivity index (χ1) is 14.0. The second-order valence-corrected chi connectivity index (χ2v) is 7.06. The van der Waals surface area contributed by atoms with E-state index in [1.165, 1.54) is 0 Å². The van der Waals surface area contributed by atoms with Crippen LogP contribution < -0.4 is 10.6 Å². The Kier molecular flexibility index (Phi) is 6.84. The van der Waals surface area contributed by atoms with Crippen molar-refractivity contribution in [2.24, 2.45) is 7.05 Å². The summed E-state index contributed by atoms with van der Waals surface area (Å²) < 4.78 is 1.84. The van der Waals surface area contributed by atoms with E-state index in [1.807, 2.05) is 66.3 Å². The Morgan fingerprint density at radius 2 is 1.83 bits per heavy atom. The van der Waals surface area contributed by atoms with E-state index < -0.39 is 5.97 Å². The first kappa shape index (κ1) is 20.4. The number of carboxylic acids is 1. The zero-order chi connectivity index (χ0) is 20.6. The molecule has 0 saturated heterocycles. The summed E-state index contributed by atoms with van der Waals surface area (Å²) in [6.07, 6.45) is 1.60. The molecule has 3 aromatic rings. The van der Waals surface area contributed by atoms with E-state index in [4.69, 9.17) is 5.11 Å². The van der Waals surface area contributed by atoms with E-state index in [0.29, 0.717) is 25.8 Å². The molecule has 2 aromatic carbocycles. The molecule has 29 heavy (non-hydrogen) atoms. The molecule has 7 heteroatoms. The van der Waals surface area contributed by atoms with Crippen molar-refractivity contribution in [2.75, 3.05) is 6.54 Å². The molecule has 0 spiro atoms. The number of aromatic nitrogens is 2. The highest BCUT2D eigenvalue weighted by molar-refractivity contribution is 5.82. The number of amides is 2. The summed E-state index contributed by atoms with van der Waals surface area (Å²) >= 11 is 0. The van der Waals surface area contributed by atoms with Gasteiger partial charge >= 0.3 is 12.0 Å². The predicted octanol–water partition coefficient (Wildman–Crippen LogP) is 2.89. The van der Waals surface area contributed by atoms with Gasteiger partial charge in [0.2, 0.25) is 0 Å². The maximum absolute atomic E-state index is 12.4. The molecule has 0 aliphatic carbocycles. The van der Waals surface area contributed by atoms with Crippen LogP contribution in [-0.2, 0) is 24.7 Å². The maximum Gasteiger partial charge on any atom is 0.315 e. The topological polar surface area (TPSA) is 96.3 Å². The highest BCUT2D eigenvalue weighted by Crippen LogP contribution is 2.17. The summed E-state index contributed by atoms with van der Waals surface area (Å²) in [5.74, 6) is -0.868. The number of hydrogen-bond donors (Lipinski definition) is 3. The van der Waals surface area contributed by atoms with Gasteiger partial charge in [0.1, 0.15) is 0 Å². The molecule has 1 unspecified atom stereocenters. The molecule has 0 aliphatic rings. The Hall–Kier alpha value is -3.35. The minimum atomic E-state index is -0.868. The van der Waals surface area contributed by atoms with Gasteiger partial charge in [-0.25, -0.2) is 4.79 Å². The van der Waals surface area contributed by atoms with Crippen LogP contribution in [0.2, 0.25) is 0 Å². The molecule has 0 bridgehead atoms. The summed E-state index contributed by atoms with van der Waals surface area (Å²) in [7, 11) is 1.91. The molecule has 1 aromatic heterocycles. The van der Waals surface area contributed by atoms with E-state index in [-0.39, 0.29) is 18.5 Å². The SMILES string of the molecule is Cn1nc(CCNC(=O)NC(CCC(=O)O)Cc2ccccc2)c2ccccc21. The molecular weight excluding hydrogens is 368 g/mol. The molecule has 0 radical (unpaired) electrons. The zero-order valence-electron chi connectivity index (χ0n) is 16.5. The minimum absolute atomic E-state index is 0.0116. The Morgan fingerprint density at radius 1 is 1.10 bits per heavy atom. The molecule has 0 saturated carbocycles. The van der Waals surface area contributed by atoms with Gasteiger partial charge < -0.3 is 15.7 Å². The van der Waals surface area contributed by atoms with Gasteiger partial charge in [-0.1, -0.05) is 48.5 Å². The third kappa shape index (κ3) is 5.81. The fourth-order valence-electron chi connectivity index (χ4n) is 3.43. The summed E-state index contributed by atoms with van der Waals surface area (Å²) in [5.41, 5.74) is 3.06. The van der Waals surface area contributed by atoms with Crippen LogP contribution in [0.1, 0.15) is 24.1 Å². The first-order valence-electron chi connectivity index (χ1n) is 9.73. The number of carbonyl (C=O) groups is 2. The third-order valence-corrected chi connectivity index (χ3v) is 4.85. The normalized spacial score (nSPS) is 11.9. The van der Waals surface area contributed by atoms with Crippen LogP contribution in [0, 0.1) is 0 Å². The third-order valence-electron chi connectivity index (χ3n) is 4.85. The van der Waals surface area contributed by atoms with Crippen molar-refractivity contribution in [3.63, 3.8) is 0 Å². The fraction of sp³-hybridized carbons (Fsp3) is 0.318. The van der Waals surface area contributed by atoms with Gasteiger partial charge in [0, 0.05) is 37.9 Å². The van der Waals surface area contributed by atoms with Crippen LogP contribution in [0.25, 0.3) is 10.9 Å². The number of aryl methyl sites for hydroxylation is 1. The summed E-state index contributed by atoms with van der Waals surface area (Å²) in [6, 6.07) is 17.2. The number of carboxylic acid groups (broad SMARTS) is 1. The smallest absolute Gasteiger partial charge is 0.315 e. The molecule has 1 heterocycles. The number of carbonyl (C=O) groups excluding carboxylic acids is 1. The van der Waals surface area contributed by atoms with Crippen molar-refractivity contribution < 1.29 is 14.7 Å². The molecule has 0 fully saturated rings. The van der Waals surface area contributed by atoms with E-state index in [2.05, 4.69) is 15.7 Å². The number of nitrogens with one attached hydrogen (secondary N) is 2. The number of benzene rings is 2. The van der Waals surface area contributed by atoms with Crippen molar-refractivity contribution in [2.45, 2.75) is 31.7 Å². The average Bonchev–Trinajstić information content (AvgIpc) is 3.03. The van der Waals surface area contributed by atoms with Gasteiger partial charge in [-0.2, -0.15) is 5.10 Å². The number of hydrogen-bond acceptors (Lipinski definition) is 3. The lowest BCUT2D eigenvalue weighted by atomic mass is 10.0. The Morgan fingerprint density at radius 3 is 2.59 bits per heavy atom. The molecule has 7 nitrogen and oxygen atoms in total. The second-order valence-electron chi connectivity index (χ2n) is 7.06. The van der Waals surface area contributed by atoms with Crippen molar-refractivity contribution in [1.82, 2.24) is 20.4 Å². The number of urea groups is 1. The van der Waals surface area contributed by atoms with E-state index in [0.717, 1.165) is 22.2 Å². The van der Waals surface area contributed by atoms with Gasteiger partial charge in [-0.3, -0.25) is 9.48 Å². The van der Waals surface area contributed by atoms with Gasteiger partial charge in [0.25, 0.3) is 0 Å². The van der Waals surface area contributed by atoms with Crippen LogP contribution in [0.5, 0.6) is 0 Å². The fourth-order valence-corrected chi connectivity index (χ4v) is 3.43. The monoisotopic (exact) mass is 394 g/mol. The molecular formula is C22H26N4O3.